The number of nitrogens with zero attached hydrogens (tertiary/aromatic N) is 1. The molecule has 1 aliphatic rings. The average molecular weight is 328 g/mol. The molecule has 1 atom stereocenters. The number of nitrogens with two attached hydrogens (primary N) is 1. The van der Waals surface area contributed by atoms with Crippen LogP contribution in [0.2, 0.25) is 0 Å². The van der Waals surface area contributed by atoms with E-state index in [4.69, 9.17) is 5.73 Å². The maximum absolute atomic E-state index is 13.6. The predicted molar refractivity (Wildman–Crippen MR) is 91.2 cm³/mol. The minimum absolute atomic E-state index is 0.0192. The van der Waals surface area contributed by atoms with Crippen molar-refractivity contribution in [3.8, 4) is 16.9 Å². The van der Waals surface area contributed by atoms with Crippen LogP contribution in [-0.2, 0) is 0 Å². The van der Waals surface area contributed by atoms with Crippen LogP contribution in [0.1, 0.15) is 23.2 Å². The van der Waals surface area contributed by atoms with E-state index in [0.717, 1.165) is 24.9 Å². The highest BCUT2D eigenvalue weighted by molar-refractivity contribution is 5.95. The van der Waals surface area contributed by atoms with Crippen LogP contribution < -0.4 is 5.73 Å². The van der Waals surface area contributed by atoms with Gasteiger partial charge >= 0.3 is 0 Å². The summed E-state index contributed by atoms with van der Waals surface area (Å²) >= 11 is 0. The van der Waals surface area contributed by atoms with Crippen LogP contribution in [0.15, 0.2) is 42.5 Å². The molecule has 3 N–H and O–H groups in total. The number of carbonyl (C=O) groups excluding carboxylic acids is 1. The number of rotatable bonds is 3. The molecular formula is C19H21FN2O2. The van der Waals surface area contributed by atoms with Crippen LogP contribution in [0, 0.1) is 11.7 Å². The van der Waals surface area contributed by atoms with Crippen molar-refractivity contribution in [2.45, 2.75) is 12.8 Å². The molecule has 24 heavy (non-hydrogen) atoms. The van der Waals surface area contributed by atoms with Crippen molar-refractivity contribution < 1.29 is 14.3 Å². The van der Waals surface area contributed by atoms with Crippen molar-refractivity contribution in [1.29, 1.82) is 0 Å². The van der Waals surface area contributed by atoms with Gasteiger partial charge in [0, 0.05) is 18.7 Å². The fourth-order valence-corrected chi connectivity index (χ4v) is 3.14. The number of piperidine rings is 1. The molecule has 1 fully saturated rings. The Labute approximate surface area is 140 Å². The minimum atomic E-state index is -0.675. The highest BCUT2D eigenvalue weighted by Gasteiger charge is 2.23. The van der Waals surface area contributed by atoms with Crippen LogP contribution >= 0.6 is 0 Å². The van der Waals surface area contributed by atoms with E-state index in [9.17, 15) is 14.3 Å². The van der Waals surface area contributed by atoms with Crippen molar-refractivity contribution in [3.05, 3.63) is 53.8 Å². The molecular weight excluding hydrogens is 307 g/mol. The van der Waals surface area contributed by atoms with Gasteiger partial charge in [-0.15, -0.1) is 0 Å². The molecule has 126 valence electrons. The fourth-order valence-electron chi connectivity index (χ4n) is 3.14. The van der Waals surface area contributed by atoms with Crippen molar-refractivity contribution in [1.82, 2.24) is 4.90 Å². The SMILES string of the molecule is NCC1CCCN(C(=O)c2cccc(-c3ccc(O)c(F)c3)c2)C1. The Morgan fingerprint density at radius 2 is 2.04 bits per heavy atom. The van der Waals surface area contributed by atoms with Gasteiger partial charge < -0.3 is 15.7 Å². The van der Waals surface area contributed by atoms with Gasteiger partial charge in [-0.05, 0) is 60.7 Å². The first-order chi connectivity index (χ1) is 11.6. The number of aromatic hydroxyl groups is 1. The largest absolute Gasteiger partial charge is 0.505 e. The van der Waals surface area contributed by atoms with E-state index in [1.165, 1.54) is 12.1 Å². The van der Waals surface area contributed by atoms with Crippen LogP contribution in [-0.4, -0.2) is 35.5 Å². The second-order valence-corrected chi connectivity index (χ2v) is 6.24. The molecule has 3 rings (SSSR count). The number of hydrogen-bond donors (Lipinski definition) is 2. The predicted octanol–water partition coefficient (Wildman–Crippen LogP) is 3.01. The van der Waals surface area contributed by atoms with Crippen LogP contribution in [0.25, 0.3) is 11.1 Å². The van der Waals surface area contributed by atoms with Crippen molar-refractivity contribution in [2.24, 2.45) is 11.7 Å². The molecule has 1 heterocycles. The summed E-state index contributed by atoms with van der Waals surface area (Å²) in [6.07, 6.45) is 2.03. The summed E-state index contributed by atoms with van der Waals surface area (Å²) in [6, 6.07) is 11.4. The molecule has 2 aromatic carbocycles. The summed E-state index contributed by atoms with van der Waals surface area (Å²) in [7, 11) is 0. The molecule has 1 saturated heterocycles. The maximum Gasteiger partial charge on any atom is 0.253 e. The molecule has 0 spiro atoms. The van der Waals surface area contributed by atoms with Crippen LogP contribution in [0.3, 0.4) is 0 Å². The first kappa shape index (κ1) is 16.5. The number of phenols is 1. The average Bonchev–Trinajstić information content (AvgIpc) is 2.63. The van der Waals surface area contributed by atoms with Gasteiger partial charge in [-0.2, -0.15) is 0 Å². The molecule has 1 aliphatic heterocycles. The van der Waals surface area contributed by atoms with Gasteiger partial charge in [-0.3, -0.25) is 4.79 Å². The molecule has 5 heteroatoms. The van der Waals surface area contributed by atoms with Gasteiger partial charge in [0.25, 0.3) is 5.91 Å². The molecule has 2 aromatic rings. The van der Waals surface area contributed by atoms with Crippen molar-refractivity contribution >= 4 is 5.91 Å². The Hall–Kier alpha value is -2.40. The normalized spacial score (nSPS) is 17.8. The lowest BCUT2D eigenvalue weighted by Gasteiger charge is -2.32. The first-order valence-corrected chi connectivity index (χ1v) is 8.17. The van der Waals surface area contributed by atoms with Crippen molar-refractivity contribution in [2.75, 3.05) is 19.6 Å². The number of halogens is 1. The summed E-state index contributed by atoms with van der Waals surface area (Å²) in [4.78, 5) is 14.6. The molecule has 0 bridgehead atoms. The van der Waals surface area contributed by atoms with Crippen LogP contribution in [0.4, 0.5) is 4.39 Å². The molecule has 1 unspecified atom stereocenters. The zero-order chi connectivity index (χ0) is 17.1. The first-order valence-electron chi connectivity index (χ1n) is 8.17. The zero-order valence-corrected chi connectivity index (χ0v) is 13.4. The van der Waals surface area contributed by atoms with Gasteiger partial charge in [0.1, 0.15) is 0 Å². The number of amides is 1. The minimum Gasteiger partial charge on any atom is -0.505 e. The number of hydrogen-bond acceptors (Lipinski definition) is 3. The Balaban J connectivity index is 1.84. The monoisotopic (exact) mass is 328 g/mol. The van der Waals surface area contributed by atoms with E-state index in [1.54, 1.807) is 24.3 Å². The summed E-state index contributed by atoms with van der Waals surface area (Å²) in [5.41, 5.74) is 7.69. The highest BCUT2D eigenvalue weighted by Crippen LogP contribution is 2.26. The second-order valence-electron chi connectivity index (χ2n) is 6.24. The van der Waals surface area contributed by atoms with Gasteiger partial charge in [0.15, 0.2) is 11.6 Å². The summed E-state index contributed by atoms with van der Waals surface area (Å²) in [6.45, 7) is 2.03. The van der Waals surface area contributed by atoms with Gasteiger partial charge in [-0.25, -0.2) is 4.39 Å². The van der Waals surface area contributed by atoms with E-state index < -0.39 is 5.82 Å². The third kappa shape index (κ3) is 3.41. The van der Waals surface area contributed by atoms with Crippen LogP contribution in [0.5, 0.6) is 5.75 Å². The van der Waals surface area contributed by atoms with E-state index in [-0.39, 0.29) is 11.7 Å². The number of benzene rings is 2. The summed E-state index contributed by atoms with van der Waals surface area (Å²) in [5, 5.41) is 9.31. The second kappa shape index (κ2) is 7.01. The molecule has 0 saturated carbocycles. The van der Waals surface area contributed by atoms with Gasteiger partial charge in [-0.1, -0.05) is 18.2 Å². The fraction of sp³-hybridized carbons (Fsp3) is 0.316. The maximum atomic E-state index is 13.6. The number of phenolic OH excluding ortho intramolecular Hbond substituents is 1. The Kier molecular flexibility index (Phi) is 4.81. The Morgan fingerprint density at radius 3 is 2.79 bits per heavy atom. The van der Waals surface area contributed by atoms with Gasteiger partial charge in [0.05, 0.1) is 0 Å². The molecule has 4 nitrogen and oxygen atoms in total. The van der Waals surface area contributed by atoms with E-state index in [1.807, 2.05) is 11.0 Å². The molecule has 1 amide bonds. The standard InChI is InChI=1S/C19H21FN2O2/c20-17-10-15(6-7-18(17)23)14-4-1-5-16(9-14)19(24)22-8-2-3-13(11-21)12-22/h1,4-7,9-10,13,23H,2-3,8,11-12,21H2. The molecule has 0 radical (unpaired) electrons. The molecule has 0 aliphatic carbocycles. The van der Waals surface area contributed by atoms with E-state index in [0.29, 0.717) is 30.1 Å². The lowest BCUT2D eigenvalue weighted by Crippen LogP contribution is -2.42. The van der Waals surface area contributed by atoms with Crippen molar-refractivity contribution in [3.63, 3.8) is 0 Å². The third-order valence-electron chi connectivity index (χ3n) is 4.53. The summed E-state index contributed by atoms with van der Waals surface area (Å²) < 4.78 is 13.6. The molecule has 0 aromatic heterocycles. The Morgan fingerprint density at radius 1 is 1.25 bits per heavy atom. The number of carbonyl (C=O) groups is 1. The summed E-state index contributed by atoms with van der Waals surface area (Å²) in [5.74, 6) is -0.718. The lowest BCUT2D eigenvalue weighted by molar-refractivity contribution is 0.0678. The lowest BCUT2D eigenvalue weighted by atomic mass is 9.97. The van der Waals surface area contributed by atoms with Gasteiger partial charge in [0.2, 0.25) is 0 Å². The third-order valence-corrected chi connectivity index (χ3v) is 4.53. The van der Waals surface area contributed by atoms with E-state index >= 15 is 0 Å². The quantitative estimate of drug-likeness (QED) is 0.910. The number of likely N-dealkylation sites (tertiary alicyclic amines) is 1. The topological polar surface area (TPSA) is 66.6 Å². The zero-order valence-electron chi connectivity index (χ0n) is 13.4. The smallest absolute Gasteiger partial charge is 0.253 e. The van der Waals surface area contributed by atoms with E-state index in [2.05, 4.69) is 0 Å². The highest BCUT2D eigenvalue weighted by atomic mass is 19.1. The Bertz CT molecular complexity index is 748.